The minimum absolute atomic E-state index is 0.521. The zero-order chi connectivity index (χ0) is 22.1. The van der Waals surface area contributed by atoms with Crippen LogP contribution >= 0.6 is 15.9 Å². The molecule has 0 spiro atoms. The van der Waals surface area contributed by atoms with Crippen LogP contribution in [-0.2, 0) is 13.2 Å². The molecule has 0 aliphatic heterocycles. The number of hydrogen-bond donors (Lipinski definition) is 1. The van der Waals surface area contributed by atoms with Crippen molar-refractivity contribution in [3.8, 4) is 11.5 Å². The summed E-state index contributed by atoms with van der Waals surface area (Å²) in [5, 5.41) is 3.91. The molecular weight excluding hydrogens is 462 g/mol. The first-order valence-electron chi connectivity index (χ1n) is 12.4. The smallest absolute Gasteiger partial charge is 0.175 e. The van der Waals surface area contributed by atoms with E-state index in [4.69, 9.17) is 9.47 Å². The quantitative estimate of drug-likeness (QED) is 0.399. The first-order valence-corrected chi connectivity index (χ1v) is 13.2. The van der Waals surface area contributed by atoms with Gasteiger partial charge >= 0.3 is 0 Å². The molecular formula is C28H36BrNO2. The molecule has 4 fully saturated rings. The molecule has 4 aliphatic carbocycles. The number of ether oxygens (including phenoxy) is 2. The van der Waals surface area contributed by atoms with Gasteiger partial charge in [-0.25, -0.2) is 0 Å². The van der Waals surface area contributed by atoms with Crippen molar-refractivity contribution in [1.82, 2.24) is 5.32 Å². The van der Waals surface area contributed by atoms with Crippen LogP contribution in [0, 0.1) is 23.2 Å². The second-order valence-electron chi connectivity index (χ2n) is 10.5. The number of benzene rings is 2. The fourth-order valence-corrected chi connectivity index (χ4v) is 7.66. The summed E-state index contributed by atoms with van der Waals surface area (Å²) in [6.45, 7) is 6.47. The first-order chi connectivity index (χ1) is 15.5. The molecule has 4 saturated carbocycles. The van der Waals surface area contributed by atoms with E-state index in [-0.39, 0.29) is 0 Å². The van der Waals surface area contributed by atoms with Gasteiger partial charge in [-0.3, -0.25) is 0 Å². The highest BCUT2D eigenvalue weighted by Gasteiger charge is 2.52. The second-order valence-corrected chi connectivity index (χ2v) is 11.3. The van der Waals surface area contributed by atoms with Crippen molar-refractivity contribution in [2.75, 3.05) is 6.61 Å². The van der Waals surface area contributed by atoms with Crippen molar-refractivity contribution in [2.24, 2.45) is 23.2 Å². The Labute approximate surface area is 201 Å². The molecule has 1 N–H and O–H groups in total. The van der Waals surface area contributed by atoms with Crippen molar-refractivity contribution in [1.29, 1.82) is 0 Å². The Bertz CT molecular complexity index is 893. The van der Waals surface area contributed by atoms with Gasteiger partial charge in [-0.05, 0) is 115 Å². The van der Waals surface area contributed by atoms with Gasteiger partial charge in [-0.1, -0.05) is 30.3 Å². The monoisotopic (exact) mass is 497 g/mol. The Morgan fingerprint density at radius 3 is 2.25 bits per heavy atom. The van der Waals surface area contributed by atoms with Gasteiger partial charge in [0.2, 0.25) is 0 Å². The predicted octanol–water partition coefficient (Wildman–Crippen LogP) is 7.12. The van der Waals surface area contributed by atoms with Gasteiger partial charge in [-0.2, -0.15) is 0 Å². The zero-order valence-electron chi connectivity index (χ0n) is 19.4. The summed E-state index contributed by atoms with van der Waals surface area (Å²) in [6, 6.07) is 15.2. The van der Waals surface area contributed by atoms with Gasteiger partial charge in [0.05, 0.1) is 11.1 Å². The standard InChI is InChI=1S/C28H36BrNO2/c1-3-31-26-13-24(12-25(29)27(26)32-18-20-7-5-4-6-8-20)17-30-19(2)28-14-21-9-22(15-28)11-23(10-21)16-28/h4-8,12-13,19,21-23,30H,3,9-11,14-18H2,1-2H3/t19-,21?,22?,23?,28?/m0/s1. The van der Waals surface area contributed by atoms with Crippen LogP contribution in [0.5, 0.6) is 11.5 Å². The molecule has 3 nitrogen and oxygen atoms in total. The van der Waals surface area contributed by atoms with Crippen LogP contribution in [0.4, 0.5) is 0 Å². The maximum Gasteiger partial charge on any atom is 0.175 e. The van der Waals surface area contributed by atoms with Gasteiger partial charge in [-0.15, -0.1) is 0 Å². The molecule has 0 unspecified atom stereocenters. The summed E-state index contributed by atoms with van der Waals surface area (Å²) < 4.78 is 13.1. The molecule has 0 saturated heterocycles. The fourth-order valence-electron chi connectivity index (χ4n) is 7.05. The molecule has 0 heterocycles. The fraction of sp³-hybridized carbons (Fsp3) is 0.571. The average Bonchev–Trinajstić information content (AvgIpc) is 2.77. The highest BCUT2D eigenvalue weighted by Crippen LogP contribution is 2.61. The van der Waals surface area contributed by atoms with E-state index in [1.165, 1.54) is 44.1 Å². The summed E-state index contributed by atoms with van der Waals surface area (Å²) in [6.07, 6.45) is 8.82. The number of halogens is 1. The zero-order valence-corrected chi connectivity index (χ0v) is 21.0. The maximum absolute atomic E-state index is 6.16. The number of rotatable bonds is 9. The lowest BCUT2D eigenvalue weighted by atomic mass is 9.48. The third-order valence-electron chi connectivity index (χ3n) is 8.21. The summed E-state index contributed by atoms with van der Waals surface area (Å²) in [4.78, 5) is 0. The summed E-state index contributed by atoms with van der Waals surface area (Å²) in [5.41, 5.74) is 2.91. The van der Waals surface area contributed by atoms with Gasteiger partial charge in [0.25, 0.3) is 0 Å². The lowest BCUT2D eigenvalue weighted by molar-refractivity contribution is -0.0706. The molecule has 0 aromatic heterocycles. The number of nitrogens with one attached hydrogen (secondary N) is 1. The van der Waals surface area contributed by atoms with Crippen molar-refractivity contribution in [2.45, 2.75) is 71.6 Å². The Morgan fingerprint density at radius 1 is 0.969 bits per heavy atom. The minimum atomic E-state index is 0.521. The highest BCUT2D eigenvalue weighted by molar-refractivity contribution is 9.10. The van der Waals surface area contributed by atoms with Crippen LogP contribution in [0.2, 0.25) is 0 Å². The van der Waals surface area contributed by atoms with Gasteiger partial charge in [0.15, 0.2) is 11.5 Å². The van der Waals surface area contributed by atoms with Crippen molar-refractivity contribution in [3.05, 3.63) is 58.1 Å². The summed E-state index contributed by atoms with van der Waals surface area (Å²) >= 11 is 3.75. The van der Waals surface area contributed by atoms with E-state index < -0.39 is 0 Å². The first kappa shape index (κ1) is 22.3. The van der Waals surface area contributed by atoms with Crippen LogP contribution in [-0.4, -0.2) is 12.6 Å². The van der Waals surface area contributed by atoms with E-state index >= 15 is 0 Å². The normalized spacial score (nSPS) is 29.2. The van der Waals surface area contributed by atoms with Crippen LogP contribution in [0.3, 0.4) is 0 Å². The van der Waals surface area contributed by atoms with E-state index in [1.54, 1.807) is 0 Å². The Balaban J connectivity index is 1.26. The summed E-state index contributed by atoms with van der Waals surface area (Å²) in [7, 11) is 0. The molecule has 2 aromatic carbocycles. The van der Waals surface area contributed by atoms with Crippen LogP contribution in [0.1, 0.15) is 63.5 Å². The molecule has 1 atom stereocenters. The molecule has 6 rings (SSSR count). The van der Waals surface area contributed by atoms with Gasteiger partial charge in [0.1, 0.15) is 6.61 Å². The van der Waals surface area contributed by atoms with Crippen molar-refractivity contribution >= 4 is 15.9 Å². The van der Waals surface area contributed by atoms with E-state index in [2.05, 4.69) is 52.4 Å². The predicted molar refractivity (Wildman–Crippen MR) is 133 cm³/mol. The lowest BCUT2D eigenvalue weighted by Gasteiger charge is -2.59. The third kappa shape index (κ3) is 4.59. The number of hydrogen-bond acceptors (Lipinski definition) is 3. The molecule has 4 heteroatoms. The van der Waals surface area contributed by atoms with E-state index in [0.717, 1.165) is 45.8 Å². The topological polar surface area (TPSA) is 30.5 Å². The van der Waals surface area contributed by atoms with Crippen molar-refractivity contribution in [3.63, 3.8) is 0 Å². The average molecular weight is 499 g/mol. The molecule has 0 radical (unpaired) electrons. The Hall–Kier alpha value is -1.52. The molecule has 4 bridgehead atoms. The third-order valence-corrected chi connectivity index (χ3v) is 8.80. The van der Waals surface area contributed by atoms with Gasteiger partial charge < -0.3 is 14.8 Å². The van der Waals surface area contributed by atoms with Crippen LogP contribution in [0.15, 0.2) is 46.9 Å². The Kier molecular flexibility index (Phi) is 6.53. The lowest BCUT2D eigenvalue weighted by Crippen LogP contribution is -2.54. The Morgan fingerprint density at radius 2 is 1.62 bits per heavy atom. The van der Waals surface area contributed by atoms with E-state index in [9.17, 15) is 0 Å². The van der Waals surface area contributed by atoms with Crippen molar-refractivity contribution < 1.29 is 9.47 Å². The molecule has 4 aliphatic rings. The van der Waals surface area contributed by atoms with E-state index in [0.29, 0.717) is 24.7 Å². The molecule has 32 heavy (non-hydrogen) atoms. The molecule has 0 amide bonds. The van der Waals surface area contributed by atoms with Crippen LogP contribution in [0.25, 0.3) is 0 Å². The highest BCUT2D eigenvalue weighted by atomic mass is 79.9. The SMILES string of the molecule is CCOc1cc(CN[C@@H](C)C23CC4CC(CC(C4)C2)C3)cc(Br)c1OCc1ccccc1. The van der Waals surface area contributed by atoms with Gasteiger partial charge in [0, 0.05) is 12.6 Å². The summed E-state index contributed by atoms with van der Waals surface area (Å²) in [5.74, 6) is 4.58. The maximum atomic E-state index is 6.16. The molecule has 2 aromatic rings. The minimum Gasteiger partial charge on any atom is -0.490 e. The van der Waals surface area contributed by atoms with E-state index in [1.807, 2.05) is 25.1 Å². The second kappa shape index (κ2) is 9.38. The molecule has 172 valence electrons. The largest absolute Gasteiger partial charge is 0.490 e. The van der Waals surface area contributed by atoms with Crippen LogP contribution < -0.4 is 14.8 Å².